The van der Waals surface area contributed by atoms with Gasteiger partial charge in [-0.05, 0) is 48.0 Å². The number of benzene rings is 3. The zero-order chi connectivity index (χ0) is 30.4. The van der Waals surface area contributed by atoms with Crippen LogP contribution in [0.2, 0.25) is 15.1 Å². The van der Waals surface area contributed by atoms with E-state index in [1.54, 1.807) is 0 Å². The minimum atomic E-state index is -3.55. The van der Waals surface area contributed by atoms with Crippen LogP contribution >= 0.6 is 58.0 Å². The minimum absolute atomic E-state index is 0.0407. The first-order valence-electron chi connectivity index (χ1n) is 11.1. The molecule has 2 atom stereocenters. The SMILES string of the molecule is O=C(Nc1ccc(F)c(NC(=O)C(F)F)c1F)c1cc(NC(=O)[C@H]2[C@H](c3cc(Cl)c(F)c(Cl)c3)C2(Cl)Cl)ccc1Cl. The number of anilines is 3. The van der Waals surface area contributed by atoms with E-state index in [1.165, 1.54) is 29.6 Å². The number of amides is 3. The molecule has 3 aromatic rings. The molecule has 0 spiro atoms. The van der Waals surface area contributed by atoms with E-state index in [1.807, 2.05) is 0 Å². The van der Waals surface area contributed by atoms with Gasteiger partial charge in [-0.25, -0.2) is 13.2 Å². The fraction of sp³-hybridized carbons (Fsp3) is 0.160. The molecule has 0 aromatic heterocycles. The van der Waals surface area contributed by atoms with Crippen LogP contribution in [0.4, 0.5) is 39.0 Å². The van der Waals surface area contributed by atoms with Gasteiger partial charge in [0.25, 0.3) is 11.8 Å². The predicted molar refractivity (Wildman–Crippen MR) is 146 cm³/mol. The quantitative estimate of drug-likeness (QED) is 0.135. The molecule has 0 saturated heterocycles. The molecule has 3 N–H and O–H groups in total. The summed E-state index contributed by atoms with van der Waals surface area (Å²) in [6, 6.07) is 7.61. The van der Waals surface area contributed by atoms with Gasteiger partial charge in [0.15, 0.2) is 11.6 Å². The van der Waals surface area contributed by atoms with Gasteiger partial charge in [-0.1, -0.05) is 34.8 Å². The Hall–Kier alpha value is -2.83. The van der Waals surface area contributed by atoms with Gasteiger partial charge in [0, 0.05) is 11.6 Å². The summed E-state index contributed by atoms with van der Waals surface area (Å²) >= 11 is 30.4. The van der Waals surface area contributed by atoms with Crippen molar-refractivity contribution in [3.8, 4) is 0 Å². The predicted octanol–water partition coefficient (Wildman–Crippen LogP) is 8.05. The van der Waals surface area contributed by atoms with Crippen molar-refractivity contribution in [3.05, 3.63) is 86.1 Å². The maximum atomic E-state index is 14.7. The first kappa shape index (κ1) is 31.1. The molecule has 216 valence electrons. The number of nitrogens with one attached hydrogen (secondary N) is 3. The molecule has 1 aliphatic rings. The molecule has 0 aliphatic heterocycles. The molecule has 4 rings (SSSR count). The fourth-order valence-corrected chi connectivity index (χ4v) is 5.49. The summed E-state index contributed by atoms with van der Waals surface area (Å²) in [5.74, 6) is -9.27. The maximum Gasteiger partial charge on any atom is 0.315 e. The van der Waals surface area contributed by atoms with Gasteiger partial charge in [0.2, 0.25) is 5.91 Å². The van der Waals surface area contributed by atoms with E-state index in [0.717, 1.165) is 12.1 Å². The van der Waals surface area contributed by atoms with E-state index in [4.69, 9.17) is 58.0 Å². The minimum Gasteiger partial charge on any atom is -0.326 e. The molecule has 1 fully saturated rings. The van der Waals surface area contributed by atoms with Crippen LogP contribution in [0.5, 0.6) is 0 Å². The molecule has 16 heteroatoms. The highest BCUT2D eigenvalue weighted by Gasteiger charge is 2.67. The van der Waals surface area contributed by atoms with E-state index >= 15 is 0 Å². The van der Waals surface area contributed by atoms with E-state index in [2.05, 4.69) is 10.6 Å². The zero-order valence-electron chi connectivity index (χ0n) is 19.8. The number of halogens is 10. The molecule has 41 heavy (non-hydrogen) atoms. The Kier molecular flexibility index (Phi) is 8.96. The highest BCUT2D eigenvalue weighted by molar-refractivity contribution is 6.53. The number of rotatable bonds is 7. The Morgan fingerprint density at radius 1 is 0.805 bits per heavy atom. The number of alkyl halides is 4. The third-order valence-electron chi connectivity index (χ3n) is 5.97. The van der Waals surface area contributed by atoms with Crippen LogP contribution < -0.4 is 16.0 Å². The second-order valence-corrected chi connectivity index (χ2v) is 11.3. The Morgan fingerprint density at radius 2 is 1.44 bits per heavy atom. The Balaban J connectivity index is 1.52. The molecule has 3 aromatic carbocycles. The molecule has 0 heterocycles. The first-order chi connectivity index (χ1) is 19.1. The van der Waals surface area contributed by atoms with Crippen molar-refractivity contribution in [1.29, 1.82) is 0 Å². The first-order valence-corrected chi connectivity index (χ1v) is 13.0. The second-order valence-electron chi connectivity index (χ2n) is 8.64. The van der Waals surface area contributed by atoms with Crippen LogP contribution in [0.3, 0.4) is 0 Å². The summed E-state index contributed by atoms with van der Waals surface area (Å²) in [5.41, 5.74) is -1.79. The third-order valence-corrected chi connectivity index (χ3v) is 7.79. The van der Waals surface area contributed by atoms with Crippen molar-refractivity contribution in [3.63, 3.8) is 0 Å². The van der Waals surface area contributed by atoms with Crippen molar-refractivity contribution in [2.45, 2.75) is 16.7 Å². The lowest BCUT2D eigenvalue weighted by Crippen LogP contribution is -2.22. The van der Waals surface area contributed by atoms with Crippen LogP contribution in [-0.2, 0) is 9.59 Å². The van der Waals surface area contributed by atoms with Crippen molar-refractivity contribution < 1.29 is 36.3 Å². The molecular weight excluding hydrogens is 663 g/mol. The molecule has 0 unspecified atom stereocenters. The lowest BCUT2D eigenvalue weighted by Gasteiger charge is -2.13. The summed E-state index contributed by atoms with van der Waals surface area (Å²) in [6.07, 6.45) is -3.55. The van der Waals surface area contributed by atoms with Crippen molar-refractivity contribution in [1.82, 2.24) is 0 Å². The monoisotopic (exact) mass is 673 g/mol. The lowest BCUT2D eigenvalue weighted by molar-refractivity contribution is -0.126. The van der Waals surface area contributed by atoms with Gasteiger partial charge in [-0.2, -0.15) is 8.78 Å². The number of carbonyl (C=O) groups excluding carboxylic acids is 3. The topological polar surface area (TPSA) is 87.3 Å². The van der Waals surface area contributed by atoms with Gasteiger partial charge in [-0.3, -0.25) is 14.4 Å². The fourth-order valence-electron chi connectivity index (χ4n) is 3.95. The average Bonchev–Trinajstić information content (AvgIpc) is 3.49. The molecule has 0 bridgehead atoms. The summed E-state index contributed by atoms with van der Waals surface area (Å²) in [7, 11) is 0. The lowest BCUT2D eigenvalue weighted by atomic mass is 10.1. The average molecular weight is 676 g/mol. The Morgan fingerprint density at radius 3 is 2.05 bits per heavy atom. The van der Waals surface area contributed by atoms with Crippen molar-refractivity contribution in [2.75, 3.05) is 16.0 Å². The van der Waals surface area contributed by atoms with Gasteiger partial charge in [-0.15, -0.1) is 23.2 Å². The normalized spacial score (nSPS) is 17.2. The van der Waals surface area contributed by atoms with E-state index in [9.17, 15) is 36.3 Å². The molecule has 1 aliphatic carbocycles. The van der Waals surface area contributed by atoms with Gasteiger partial charge in [0.1, 0.15) is 15.8 Å². The van der Waals surface area contributed by atoms with Crippen LogP contribution in [0.15, 0.2) is 42.5 Å². The van der Waals surface area contributed by atoms with E-state index in [0.29, 0.717) is 11.6 Å². The van der Waals surface area contributed by atoms with E-state index < -0.39 is 69.1 Å². The summed E-state index contributed by atoms with van der Waals surface area (Å²) < 4.78 is 65.9. The molecular formula is C25H13Cl5F5N3O3. The van der Waals surface area contributed by atoms with Crippen LogP contribution in [-0.4, -0.2) is 28.5 Å². The van der Waals surface area contributed by atoms with Crippen LogP contribution in [0, 0.1) is 23.4 Å². The summed E-state index contributed by atoms with van der Waals surface area (Å²) in [5, 5.41) is 5.29. The third kappa shape index (κ3) is 6.34. The smallest absolute Gasteiger partial charge is 0.315 e. The van der Waals surface area contributed by atoms with Crippen LogP contribution in [0.25, 0.3) is 0 Å². The molecule has 0 radical (unpaired) electrons. The maximum absolute atomic E-state index is 14.7. The Bertz CT molecular complexity index is 1570. The molecule has 1 saturated carbocycles. The second kappa shape index (κ2) is 11.8. The Labute approximate surface area is 253 Å². The highest BCUT2D eigenvalue weighted by atomic mass is 35.5. The number of hydrogen-bond acceptors (Lipinski definition) is 3. The largest absolute Gasteiger partial charge is 0.326 e. The van der Waals surface area contributed by atoms with Crippen molar-refractivity contribution >= 4 is 92.8 Å². The van der Waals surface area contributed by atoms with E-state index in [-0.39, 0.29) is 26.3 Å². The number of hydrogen-bond donors (Lipinski definition) is 3. The van der Waals surface area contributed by atoms with Crippen molar-refractivity contribution in [2.24, 2.45) is 5.92 Å². The number of carbonyl (C=O) groups is 3. The summed E-state index contributed by atoms with van der Waals surface area (Å²) in [4.78, 5) is 37.0. The zero-order valence-corrected chi connectivity index (χ0v) is 23.6. The molecule has 6 nitrogen and oxygen atoms in total. The summed E-state index contributed by atoms with van der Waals surface area (Å²) in [6.45, 7) is 0. The molecule has 3 amide bonds. The van der Waals surface area contributed by atoms with Gasteiger partial charge in [0.05, 0.1) is 32.2 Å². The van der Waals surface area contributed by atoms with Gasteiger partial charge >= 0.3 is 6.43 Å². The van der Waals surface area contributed by atoms with Gasteiger partial charge < -0.3 is 16.0 Å². The standard InChI is InChI=1S/C25H13Cl5F5N3O3/c26-11-2-1-9(36-23(40)17-16(25(17,29)30)8-5-12(27)18(32)13(28)6-8)7-10(11)22(39)37-15-4-3-14(31)20(19(15)33)38-24(41)21(34)35/h1-7,16-17,21H,(H,36,40)(H,37,39)(H,38,41)/t16-,17+/m0/s1. The van der Waals surface area contributed by atoms with Crippen LogP contribution in [0.1, 0.15) is 21.8 Å². The highest BCUT2D eigenvalue weighted by Crippen LogP contribution is 2.65.